The van der Waals surface area contributed by atoms with E-state index in [1.54, 1.807) is 7.11 Å². The summed E-state index contributed by atoms with van der Waals surface area (Å²) in [7, 11) is -2.32. The van der Waals surface area contributed by atoms with Gasteiger partial charge in [-0.05, 0) is 6.07 Å². The van der Waals surface area contributed by atoms with Crippen molar-refractivity contribution in [1.29, 1.82) is 0 Å². The summed E-state index contributed by atoms with van der Waals surface area (Å²) in [5, 5.41) is 13.8. The van der Waals surface area contributed by atoms with Crippen LogP contribution in [0.25, 0.3) is 0 Å². The molecular weight excluding hydrogens is 286 g/mol. The Hall–Kier alpha value is -1.55. The molecule has 0 fully saturated rings. The fourth-order valence-corrected chi connectivity index (χ4v) is 2.69. The molecule has 9 heteroatoms. The maximum Gasteiger partial charge on any atom is 0.289 e. The van der Waals surface area contributed by atoms with Crippen molar-refractivity contribution < 1.29 is 18.1 Å². The first kappa shape index (κ1) is 16.5. The molecule has 0 aliphatic carbocycles. The lowest BCUT2D eigenvalue weighted by Crippen LogP contribution is -2.33. The number of para-hydroxylation sites is 1. The monoisotopic (exact) mass is 303 g/mol. The number of sulfonamides is 1. The van der Waals surface area contributed by atoms with Gasteiger partial charge in [-0.15, -0.1) is 0 Å². The van der Waals surface area contributed by atoms with Crippen molar-refractivity contribution in [3.8, 4) is 0 Å². The number of methoxy groups -OCH3 is 1. The molecular formula is C11H17N3O5S. The number of hydrogen-bond acceptors (Lipinski definition) is 6. The molecule has 20 heavy (non-hydrogen) atoms. The first-order chi connectivity index (χ1) is 9.49. The van der Waals surface area contributed by atoms with Gasteiger partial charge in [0.25, 0.3) is 5.69 Å². The normalized spacial score (nSPS) is 11.4. The lowest BCUT2D eigenvalue weighted by molar-refractivity contribution is -0.387. The van der Waals surface area contributed by atoms with Crippen molar-refractivity contribution in [2.45, 2.75) is 4.90 Å². The third-order valence-corrected chi connectivity index (χ3v) is 3.94. The lowest BCUT2D eigenvalue weighted by atomic mass is 10.3. The lowest BCUT2D eigenvalue weighted by Gasteiger charge is -2.08. The predicted octanol–water partition coefficient (Wildman–Crippen LogP) is 0.109. The summed E-state index contributed by atoms with van der Waals surface area (Å²) in [5.74, 6) is 0. The van der Waals surface area contributed by atoms with Crippen molar-refractivity contribution in [2.75, 3.05) is 33.4 Å². The Balaban J connectivity index is 2.63. The Morgan fingerprint density at radius 1 is 1.25 bits per heavy atom. The second-order valence-electron chi connectivity index (χ2n) is 3.87. The van der Waals surface area contributed by atoms with Crippen molar-refractivity contribution in [2.24, 2.45) is 0 Å². The van der Waals surface area contributed by atoms with Gasteiger partial charge < -0.3 is 10.1 Å². The molecule has 2 N–H and O–H groups in total. The third-order valence-electron chi connectivity index (χ3n) is 2.43. The van der Waals surface area contributed by atoms with E-state index in [2.05, 4.69) is 10.0 Å². The molecule has 0 amide bonds. The molecule has 0 atom stereocenters. The molecule has 1 aromatic rings. The third kappa shape index (κ3) is 4.85. The number of nitro groups is 1. The van der Waals surface area contributed by atoms with Gasteiger partial charge in [0.1, 0.15) is 0 Å². The standard InChI is InChI=1S/C11H17N3O5S/c1-19-9-8-12-6-7-13-20(17,18)11-5-3-2-4-10(11)14(15)16/h2-5,12-13H,6-9H2,1H3. The summed E-state index contributed by atoms with van der Waals surface area (Å²) < 4.78 is 31.1. The second-order valence-corrected chi connectivity index (χ2v) is 5.60. The molecule has 0 radical (unpaired) electrons. The summed E-state index contributed by atoms with van der Waals surface area (Å²) in [5.41, 5.74) is -0.438. The van der Waals surface area contributed by atoms with Gasteiger partial charge in [0.2, 0.25) is 10.0 Å². The van der Waals surface area contributed by atoms with Gasteiger partial charge in [0.15, 0.2) is 4.90 Å². The van der Waals surface area contributed by atoms with Gasteiger partial charge in [-0.3, -0.25) is 10.1 Å². The van der Waals surface area contributed by atoms with Crippen LogP contribution >= 0.6 is 0 Å². The van der Waals surface area contributed by atoms with E-state index in [9.17, 15) is 18.5 Å². The van der Waals surface area contributed by atoms with E-state index in [0.29, 0.717) is 19.7 Å². The maximum atomic E-state index is 12.0. The molecule has 1 aromatic carbocycles. The Morgan fingerprint density at radius 2 is 1.95 bits per heavy atom. The number of nitro benzene ring substituents is 1. The van der Waals surface area contributed by atoms with E-state index < -0.39 is 20.6 Å². The maximum absolute atomic E-state index is 12.0. The second kappa shape index (κ2) is 7.90. The van der Waals surface area contributed by atoms with Crippen LogP contribution in [0.15, 0.2) is 29.2 Å². The largest absolute Gasteiger partial charge is 0.383 e. The number of ether oxygens (including phenoxy) is 1. The number of hydrogen-bond donors (Lipinski definition) is 2. The quantitative estimate of drug-likeness (QED) is 0.380. The Kier molecular flexibility index (Phi) is 6.52. The Bertz CT molecular complexity index is 547. The number of rotatable bonds is 9. The smallest absolute Gasteiger partial charge is 0.289 e. The van der Waals surface area contributed by atoms with Gasteiger partial charge in [0.05, 0.1) is 11.5 Å². The molecule has 1 rings (SSSR count). The van der Waals surface area contributed by atoms with Gasteiger partial charge in [-0.25, -0.2) is 13.1 Å². The zero-order valence-electron chi connectivity index (χ0n) is 11.0. The van der Waals surface area contributed by atoms with Gasteiger partial charge in [0, 0.05) is 32.8 Å². The Labute approximate surface area is 117 Å². The fourth-order valence-electron chi connectivity index (χ4n) is 1.49. The highest BCUT2D eigenvalue weighted by Crippen LogP contribution is 2.22. The molecule has 0 heterocycles. The summed E-state index contributed by atoms with van der Waals surface area (Å²) in [6, 6.07) is 5.23. The zero-order valence-corrected chi connectivity index (χ0v) is 11.9. The van der Waals surface area contributed by atoms with E-state index in [1.165, 1.54) is 18.2 Å². The van der Waals surface area contributed by atoms with Gasteiger partial charge in [-0.2, -0.15) is 0 Å². The molecule has 0 spiro atoms. The SMILES string of the molecule is COCCNCCNS(=O)(=O)c1ccccc1[N+](=O)[O-]. The number of nitrogens with zero attached hydrogens (tertiary/aromatic N) is 1. The summed E-state index contributed by atoms with van der Waals surface area (Å²) in [6.45, 7) is 1.67. The average Bonchev–Trinajstić information content (AvgIpc) is 2.42. The van der Waals surface area contributed by atoms with Crippen LogP contribution < -0.4 is 10.0 Å². The van der Waals surface area contributed by atoms with E-state index in [1.807, 2.05) is 0 Å². The minimum atomic E-state index is -3.89. The van der Waals surface area contributed by atoms with E-state index in [-0.39, 0.29) is 11.4 Å². The van der Waals surface area contributed by atoms with E-state index in [4.69, 9.17) is 4.74 Å². The minimum absolute atomic E-state index is 0.137. The topological polar surface area (TPSA) is 111 Å². The van der Waals surface area contributed by atoms with Crippen molar-refractivity contribution in [1.82, 2.24) is 10.0 Å². The first-order valence-corrected chi connectivity index (χ1v) is 7.40. The highest BCUT2D eigenvalue weighted by molar-refractivity contribution is 7.89. The summed E-state index contributed by atoms with van der Waals surface area (Å²) >= 11 is 0. The van der Waals surface area contributed by atoms with Gasteiger partial charge in [-0.1, -0.05) is 12.1 Å². The highest BCUT2D eigenvalue weighted by atomic mass is 32.2. The molecule has 0 unspecified atom stereocenters. The van der Waals surface area contributed by atoms with Crippen LogP contribution in [0.2, 0.25) is 0 Å². The molecule has 0 saturated carbocycles. The van der Waals surface area contributed by atoms with Gasteiger partial charge >= 0.3 is 0 Å². The highest BCUT2D eigenvalue weighted by Gasteiger charge is 2.24. The first-order valence-electron chi connectivity index (χ1n) is 5.92. The summed E-state index contributed by atoms with van der Waals surface area (Å²) in [4.78, 5) is 9.76. The number of nitrogens with one attached hydrogen (secondary N) is 2. The van der Waals surface area contributed by atoms with Crippen molar-refractivity contribution in [3.05, 3.63) is 34.4 Å². The molecule has 0 aliphatic heterocycles. The molecule has 0 bridgehead atoms. The number of benzene rings is 1. The van der Waals surface area contributed by atoms with Crippen LogP contribution in [0.5, 0.6) is 0 Å². The van der Waals surface area contributed by atoms with Crippen molar-refractivity contribution >= 4 is 15.7 Å². The van der Waals surface area contributed by atoms with E-state index >= 15 is 0 Å². The zero-order chi connectivity index (χ0) is 15.0. The molecule has 8 nitrogen and oxygen atoms in total. The van der Waals surface area contributed by atoms with Crippen LogP contribution in [0, 0.1) is 10.1 Å². The fraction of sp³-hybridized carbons (Fsp3) is 0.455. The van der Waals surface area contributed by atoms with E-state index in [0.717, 1.165) is 6.07 Å². The Morgan fingerprint density at radius 3 is 2.60 bits per heavy atom. The minimum Gasteiger partial charge on any atom is -0.383 e. The predicted molar refractivity (Wildman–Crippen MR) is 73.0 cm³/mol. The molecule has 112 valence electrons. The van der Waals surface area contributed by atoms with Crippen molar-refractivity contribution in [3.63, 3.8) is 0 Å². The molecule has 0 aliphatic rings. The van der Waals surface area contributed by atoms with Crippen LogP contribution in [-0.2, 0) is 14.8 Å². The van der Waals surface area contributed by atoms with Crippen LogP contribution in [0.1, 0.15) is 0 Å². The molecule has 0 aromatic heterocycles. The van der Waals surface area contributed by atoms with Crippen LogP contribution in [0.3, 0.4) is 0 Å². The van der Waals surface area contributed by atoms with Crippen LogP contribution in [-0.4, -0.2) is 46.7 Å². The average molecular weight is 303 g/mol. The van der Waals surface area contributed by atoms with Crippen LogP contribution in [0.4, 0.5) is 5.69 Å². The molecule has 0 saturated heterocycles. The summed E-state index contributed by atoms with van der Waals surface area (Å²) in [6.07, 6.45) is 0.